The molecule has 1 N–H and O–H groups in total. The normalized spacial score (nSPS) is 17.0. The van der Waals surface area contributed by atoms with Gasteiger partial charge in [-0.25, -0.2) is 8.42 Å². The van der Waals surface area contributed by atoms with E-state index >= 15 is 0 Å². The van der Waals surface area contributed by atoms with E-state index in [1.165, 1.54) is 11.6 Å². The lowest BCUT2D eigenvalue weighted by atomic mass is 10.1. The topological polar surface area (TPSA) is 63.2 Å². The number of aryl methyl sites for hydroxylation is 1. The third-order valence-electron chi connectivity index (χ3n) is 3.97. The SMILES string of the molecule is CS(=O)(=O)c1ccccc1C(=O)N[C@@H]1CCc2ccccc21. The first-order chi connectivity index (χ1) is 10.5. The summed E-state index contributed by atoms with van der Waals surface area (Å²) in [6.07, 6.45) is 2.88. The van der Waals surface area contributed by atoms with Crippen LogP contribution in [0.1, 0.15) is 33.9 Å². The van der Waals surface area contributed by atoms with E-state index in [-0.39, 0.29) is 22.4 Å². The molecule has 1 aliphatic carbocycles. The van der Waals surface area contributed by atoms with Crippen LogP contribution >= 0.6 is 0 Å². The number of fused-ring (bicyclic) bond motifs is 1. The molecular weight excluding hydrogens is 298 g/mol. The highest BCUT2D eigenvalue weighted by atomic mass is 32.2. The van der Waals surface area contributed by atoms with Crippen molar-refractivity contribution < 1.29 is 13.2 Å². The summed E-state index contributed by atoms with van der Waals surface area (Å²) < 4.78 is 23.6. The van der Waals surface area contributed by atoms with E-state index in [0.29, 0.717) is 0 Å². The van der Waals surface area contributed by atoms with Gasteiger partial charge in [0, 0.05) is 6.26 Å². The van der Waals surface area contributed by atoms with Crippen molar-refractivity contribution in [2.24, 2.45) is 0 Å². The van der Waals surface area contributed by atoms with Crippen LogP contribution in [0.15, 0.2) is 53.4 Å². The van der Waals surface area contributed by atoms with Crippen molar-refractivity contribution in [3.63, 3.8) is 0 Å². The van der Waals surface area contributed by atoms with Crippen LogP contribution in [0.5, 0.6) is 0 Å². The summed E-state index contributed by atoms with van der Waals surface area (Å²) >= 11 is 0. The van der Waals surface area contributed by atoms with Gasteiger partial charge in [-0.3, -0.25) is 4.79 Å². The fourth-order valence-corrected chi connectivity index (χ4v) is 3.81. The Labute approximate surface area is 130 Å². The molecule has 22 heavy (non-hydrogen) atoms. The maximum atomic E-state index is 12.5. The molecule has 0 saturated heterocycles. The standard InChI is InChI=1S/C17H17NO3S/c1-22(20,21)16-9-5-4-8-14(16)17(19)18-15-11-10-12-6-2-3-7-13(12)15/h2-9,15H,10-11H2,1H3,(H,18,19)/t15-/m1/s1. The summed E-state index contributed by atoms with van der Waals surface area (Å²) in [5.74, 6) is -0.345. The molecule has 1 atom stereocenters. The lowest BCUT2D eigenvalue weighted by molar-refractivity contribution is 0.0933. The first kappa shape index (κ1) is 14.8. The number of hydrogen-bond donors (Lipinski definition) is 1. The summed E-state index contributed by atoms with van der Waals surface area (Å²) in [5.41, 5.74) is 2.56. The van der Waals surface area contributed by atoms with E-state index in [1.807, 2.05) is 18.2 Å². The molecule has 0 aromatic heterocycles. The van der Waals surface area contributed by atoms with Crippen molar-refractivity contribution in [3.05, 3.63) is 65.2 Å². The Hall–Kier alpha value is -2.14. The summed E-state index contributed by atoms with van der Waals surface area (Å²) in [6, 6.07) is 14.3. The smallest absolute Gasteiger partial charge is 0.253 e. The highest BCUT2D eigenvalue weighted by Gasteiger charge is 2.25. The molecule has 1 amide bonds. The van der Waals surface area contributed by atoms with E-state index in [0.717, 1.165) is 24.7 Å². The summed E-state index contributed by atoms with van der Waals surface area (Å²) in [5, 5.41) is 2.96. The second-order valence-electron chi connectivity index (χ2n) is 5.53. The third-order valence-corrected chi connectivity index (χ3v) is 5.12. The van der Waals surface area contributed by atoms with Gasteiger partial charge in [0.15, 0.2) is 9.84 Å². The molecule has 0 saturated carbocycles. The Morgan fingerprint density at radius 2 is 1.77 bits per heavy atom. The van der Waals surface area contributed by atoms with Crippen LogP contribution in [0.4, 0.5) is 0 Å². The van der Waals surface area contributed by atoms with Crippen LogP contribution in [0.2, 0.25) is 0 Å². The fraction of sp³-hybridized carbons (Fsp3) is 0.235. The van der Waals surface area contributed by atoms with Crippen molar-refractivity contribution >= 4 is 15.7 Å². The van der Waals surface area contributed by atoms with Crippen LogP contribution in [-0.4, -0.2) is 20.6 Å². The minimum absolute atomic E-state index is 0.0590. The highest BCUT2D eigenvalue weighted by molar-refractivity contribution is 7.90. The Bertz CT molecular complexity index is 827. The molecule has 5 heteroatoms. The van der Waals surface area contributed by atoms with Crippen molar-refractivity contribution in [2.75, 3.05) is 6.26 Å². The monoisotopic (exact) mass is 315 g/mol. The lowest BCUT2D eigenvalue weighted by Crippen LogP contribution is -2.28. The number of amides is 1. The number of carbonyl (C=O) groups is 1. The number of nitrogens with one attached hydrogen (secondary N) is 1. The third kappa shape index (κ3) is 2.76. The van der Waals surface area contributed by atoms with Crippen LogP contribution in [0.25, 0.3) is 0 Å². The molecule has 0 unspecified atom stereocenters. The van der Waals surface area contributed by atoms with E-state index < -0.39 is 9.84 Å². The fourth-order valence-electron chi connectivity index (χ4n) is 2.92. The number of benzene rings is 2. The predicted octanol–water partition coefficient (Wildman–Crippen LogP) is 2.51. The van der Waals surface area contributed by atoms with Crippen molar-refractivity contribution in [1.29, 1.82) is 0 Å². The molecule has 2 aromatic rings. The minimum Gasteiger partial charge on any atom is -0.345 e. The summed E-state index contributed by atoms with van der Waals surface area (Å²) in [7, 11) is -3.43. The average molecular weight is 315 g/mol. The zero-order valence-corrected chi connectivity index (χ0v) is 13.1. The second kappa shape index (κ2) is 5.57. The molecule has 0 bridgehead atoms. The molecule has 1 aliphatic rings. The van der Waals surface area contributed by atoms with E-state index in [9.17, 15) is 13.2 Å². The van der Waals surface area contributed by atoms with Crippen LogP contribution in [-0.2, 0) is 16.3 Å². The molecule has 4 nitrogen and oxygen atoms in total. The zero-order valence-electron chi connectivity index (χ0n) is 12.2. The molecule has 0 spiro atoms. The van der Waals surface area contributed by atoms with Gasteiger partial charge in [-0.05, 0) is 36.1 Å². The van der Waals surface area contributed by atoms with E-state index in [2.05, 4.69) is 11.4 Å². The van der Waals surface area contributed by atoms with Gasteiger partial charge in [0.2, 0.25) is 0 Å². The Kier molecular flexibility index (Phi) is 3.74. The maximum absolute atomic E-state index is 12.5. The molecular formula is C17H17NO3S. The lowest BCUT2D eigenvalue weighted by Gasteiger charge is -2.15. The van der Waals surface area contributed by atoms with E-state index in [4.69, 9.17) is 0 Å². The van der Waals surface area contributed by atoms with Gasteiger partial charge in [-0.2, -0.15) is 0 Å². The van der Waals surface area contributed by atoms with Gasteiger partial charge in [0.25, 0.3) is 5.91 Å². The largest absolute Gasteiger partial charge is 0.345 e. The van der Waals surface area contributed by atoms with Crippen LogP contribution < -0.4 is 5.32 Å². The Balaban J connectivity index is 1.88. The summed E-state index contributed by atoms with van der Waals surface area (Å²) in [4.78, 5) is 12.6. The van der Waals surface area contributed by atoms with Gasteiger partial charge < -0.3 is 5.32 Å². The molecule has 0 heterocycles. The van der Waals surface area contributed by atoms with Gasteiger partial charge in [0.1, 0.15) is 0 Å². The zero-order chi connectivity index (χ0) is 15.7. The van der Waals surface area contributed by atoms with Gasteiger partial charge in [-0.1, -0.05) is 36.4 Å². The number of carbonyl (C=O) groups excluding carboxylic acids is 1. The van der Waals surface area contributed by atoms with E-state index in [1.54, 1.807) is 18.2 Å². The summed E-state index contributed by atoms with van der Waals surface area (Å²) in [6.45, 7) is 0. The highest BCUT2D eigenvalue weighted by Crippen LogP contribution is 2.31. The number of sulfone groups is 1. The maximum Gasteiger partial charge on any atom is 0.253 e. The number of rotatable bonds is 3. The van der Waals surface area contributed by atoms with Crippen LogP contribution in [0.3, 0.4) is 0 Å². The van der Waals surface area contributed by atoms with Gasteiger partial charge in [-0.15, -0.1) is 0 Å². The Morgan fingerprint density at radius 1 is 1.09 bits per heavy atom. The molecule has 0 fully saturated rings. The minimum atomic E-state index is -3.43. The predicted molar refractivity (Wildman–Crippen MR) is 84.5 cm³/mol. The molecule has 2 aromatic carbocycles. The van der Waals surface area contributed by atoms with Crippen LogP contribution in [0, 0.1) is 0 Å². The number of hydrogen-bond acceptors (Lipinski definition) is 3. The quantitative estimate of drug-likeness (QED) is 0.946. The Morgan fingerprint density at radius 3 is 2.55 bits per heavy atom. The second-order valence-corrected chi connectivity index (χ2v) is 7.52. The van der Waals surface area contributed by atoms with Crippen molar-refractivity contribution in [1.82, 2.24) is 5.32 Å². The van der Waals surface area contributed by atoms with Crippen molar-refractivity contribution in [3.8, 4) is 0 Å². The first-order valence-electron chi connectivity index (χ1n) is 7.14. The van der Waals surface area contributed by atoms with Gasteiger partial charge in [0.05, 0.1) is 16.5 Å². The average Bonchev–Trinajstić information content (AvgIpc) is 2.90. The molecule has 3 rings (SSSR count). The van der Waals surface area contributed by atoms with Gasteiger partial charge >= 0.3 is 0 Å². The molecule has 114 valence electrons. The first-order valence-corrected chi connectivity index (χ1v) is 9.04. The van der Waals surface area contributed by atoms with Crippen molar-refractivity contribution in [2.45, 2.75) is 23.8 Å². The molecule has 0 aliphatic heterocycles. The molecule has 0 radical (unpaired) electrons.